The van der Waals surface area contributed by atoms with Gasteiger partial charge < -0.3 is 0 Å². The minimum atomic E-state index is -3.32. The van der Waals surface area contributed by atoms with E-state index < -0.39 is 10.0 Å². The van der Waals surface area contributed by atoms with E-state index in [1.807, 2.05) is 19.9 Å². The van der Waals surface area contributed by atoms with E-state index in [4.69, 9.17) is 0 Å². The van der Waals surface area contributed by atoms with E-state index >= 15 is 0 Å². The highest BCUT2D eigenvalue weighted by atomic mass is 32.2. The average Bonchev–Trinajstić information content (AvgIpc) is 2.32. The molecule has 1 heterocycles. The van der Waals surface area contributed by atoms with Gasteiger partial charge in [-0.15, -0.1) is 0 Å². The molecule has 3 nitrogen and oxygen atoms in total. The van der Waals surface area contributed by atoms with Crippen molar-refractivity contribution < 1.29 is 8.42 Å². The summed E-state index contributed by atoms with van der Waals surface area (Å²) in [5.74, 6) is 0. The zero-order chi connectivity index (χ0) is 14.3. The van der Waals surface area contributed by atoms with Crippen LogP contribution in [0.25, 0.3) is 0 Å². The maximum absolute atomic E-state index is 12.6. The molecule has 1 aromatic rings. The first-order valence-corrected chi connectivity index (χ1v) is 8.24. The number of hydrogen-bond donors (Lipinski definition) is 0. The molecule has 106 valence electrons. The molecule has 4 heteroatoms. The lowest BCUT2D eigenvalue weighted by atomic mass is 9.83. The number of sulfonamides is 1. The Kier molecular flexibility index (Phi) is 3.76. The van der Waals surface area contributed by atoms with Gasteiger partial charge in [-0.1, -0.05) is 19.9 Å². The van der Waals surface area contributed by atoms with Gasteiger partial charge >= 0.3 is 0 Å². The van der Waals surface area contributed by atoms with Gasteiger partial charge in [0.15, 0.2) is 0 Å². The molecule has 1 fully saturated rings. The second-order valence-electron chi connectivity index (χ2n) is 6.31. The van der Waals surface area contributed by atoms with Gasteiger partial charge in [0.1, 0.15) is 0 Å². The first kappa shape index (κ1) is 14.5. The van der Waals surface area contributed by atoms with Gasteiger partial charge in [0.25, 0.3) is 0 Å². The van der Waals surface area contributed by atoms with Crippen LogP contribution in [0.5, 0.6) is 0 Å². The summed E-state index contributed by atoms with van der Waals surface area (Å²) in [6.45, 7) is 9.60. The lowest BCUT2D eigenvalue weighted by Gasteiger charge is -2.36. The highest BCUT2D eigenvalue weighted by molar-refractivity contribution is 7.89. The van der Waals surface area contributed by atoms with Crippen LogP contribution in [0.3, 0.4) is 0 Å². The third-order valence-electron chi connectivity index (χ3n) is 4.19. The quantitative estimate of drug-likeness (QED) is 0.835. The van der Waals surface area contributed by atoms with Crippen molar-refractivity contribution in [2.75, 3.05) is 13.1 Å². The third kappa shape index (κ3) is 3.00. The molecule has 0 amide bonds. The molecule has 1 aromatic carbocycles. The Balaban J connectivity index is 2.25. The fourth-order valence-electron chi connectivity index (χ4n) is 2.36. The van der Waals surface area contributed by atoms with Crippen LogP contribution in [-0.2, 0) is 10.0 Å². The van der Waals surface area contributed by atoms with Crippen LogP contribution in [0.15, 0.2) is 23.1 Å². The minimum Gasteiger partial charge on any atom is -0.207 e. The molecule has 19 heavy (non-hydrogen) atoms. The highest BCUT2D eigenvalue weighted by Gasteiger charge is 2.32. The predicted octanol–water partition coefficient (Wildman–Crippen LogP) is 3.11. The zero-order valence-corrected chi connectivity index (χ0v) is 13.0. The van der Waals surface area contributed by atoms with Crippen molar-refractivity contribution in [2.45, 2.75) is 45.4 Å². The van der Waals surface area contributed by atoms with Crippen molar-refractivity contribution in [3.63, 3.8) is 0 Å². The van der Waals surface area contributed by atoms with Crippen molar-refractivity contribution in [1.82, 2.24) is 4.31 Å². The molecule has 0 atom stereocenters. The SMILES string of the molecule is Cc1ccc(S(=O)(=O)N2CCC(C)(C)CC2)cc1C. The van der Waals surface area contributed by atoms with Crippen LogP contribution in [0.2, 0.25) is 0 Å². The Bertz CT molecular complexity index is 566. The molecule has 1 saturated heterocycles. The van der Waals surface area contributed by atoms with E-state index in [1.165, 1.54) is 0 Å². The first-order chi connectivity index (χ1) is 8.72. The van der Waals surface area contributed by atoms with Crippen LogP contribution in [0.4, 0.5) is 0 Å². The topological polar surface area (TPSA) is 37.4 Å². The summed E-state index contributed by atoms with van der Waals surface area (Å²) in [4.78, 5) is 0.426. The van der Waals surface area contributed by atoms with E-state index in [2.05, 4.69) is 13.8 Å². The maximum Gasteiger partial charge on any atom is 0.243 e. The largest absolute Gasteiger partial charge is 0.243 e. The second-order valence-corrected chi connectivity index (χ2v) is 8.25. The van der Waals surface area contributed by atoms with Crippen LogP contribution in [0, 0.1) is 19.3 Å². The first-order valence-electron chi connectivity index (χ1n) is 6.80. The van der Waals surface area contributed by atoms with Crippen LogP contribution in [-0.4, -0.2) is 25.8 Å². The Labute approximate surface area is 116 Å². The number of aryl methyl sites for hydroxylation is 2. The molecule has 0 unspecified atom stereocenters. The molecule has 0 radical (unpaired) electrons. The van der Waals surface area contributed by atoms with Crippen molar-refractivity contribution in [2.24, 2.45) is 5.41 Å². The molecule has 0 N–H and O–H groups in total. The Morgan fingerprint density at radius 3 is 2.16 bits per heavy atom. The summed E-state index contributed by atoms with van der Waals surface area (Å²) in [6, 6.07) is 5.39. The fourth-order valence-corrected chi connectivity index (χ4v) is 3.88. The average molecular weight is 281 g/mol. The molecule has 1 aliphatic heterocycles. The lowest BCUT2D eigenvalue weighted by molar-refractivity contribution is 0.196. The Morgan fingerprint density at radius 2 is 1.63 bits per heavy atom. The molecule has 2 rings (SSSR count). The third-order valence-corrected chi connectivity index (χ3v) is 6.09. The van der Waals surface area contributed by atoms with Crippen molar-refractivity contribution in [3.05, 3.63) is 29.3 Å². The number of piperidine rings is 1. The summed E-state index contributed by atoms with van der Waals surface area (Å²) >= 11 is 0. The van der Waals surface area contributed by atoms with Gasteiger partial charge in [-0.05, 0) is 55.4 Å². The molecular weight excluding hydrogens is 258 g/mol. The van der Waals surface area contributed by atoms with Crippen molar-refractivity contribution in [1.29, 1.82) is 0 Å². The molecule has 0 saturated carbocycles. The minimum absolute atomic E-state index is 0.259. The summed E-state index contributed by atoms with van der Waals surface area (Å²) in [6.07, 6.45) is 1.86. The number of benzene rings is 1. The van der Waals surface area contributed by atoms with Gasteiger partial charge in [-0.2, -0.15) is 4.31 Å². The smallest absolute Gasteiger partial charge is 0.207 e. The molecule has 0 aromatic heterocycles. The number of rotatable bonds is 2. The highest BCUT2D eigenvalue weighted by Crippen LogP contribution is 2.32. The maximum atomic E-state index is 12.6. The molecule has 0 bridgehead atoms. The van der Waals surface area contributed by atoms with Crippen LogP contribution < -0.4 is 0 Å². The van der Waals surface area contributed by atoms with Gasteiger partial charge in [0.05, 0.1) is 4.90 Å². The van der Waals surface area contributed by atoms with Gasteiger partial charge in [0, 0.05) is 13.1 Å². The number of nitrogens with zero attached hydrogens (tertiary/aromatic N) is 1. The summed E-state index contributed by atoms with van der Waals surface area (Å²) in [5.41, 5.74) is 2.41. The van der Waals surface area contributed by atoms with Gasteiger partial charge in [-0.3, -0.25) is 0 Å². The van der Waals surface area contributed by atoms with Crippen molar-refractivity contribution in [3.8, 4) is 0 Å². The van der Waals surface area contributed by atoms with Gasteiger partial charge in [-0.25, -0.2) is 8.42 Å². The van der Waals surface area contributed by atoms with Crippen LogP contribution in [0.1, 0.15) is 37.8 Å². The lowest BCUT2D eigenvalue weighted by Crippen LogP contribution is -2.41. The van der Waals surface area contributed by atoms with Gasteiger partial charge in [0.2, 0.25) is 10.0 Å². The second kappa shape index (κ2) is 4.91. The summed E-state index contributed by atoms with van der Waals surface area (Å²) in [5, 5.41) is 0. The van der Waals surface area contributed by atoms with Crippen LogP contribution >= 0.6 is 0 Å². The van der Waals surface area contributed by atoms with Crippen molar-refractivity contribution >= 4 is 10.0 Å². The normalized spacial score (nSPS) is 20.4. The fraction of sp³-hybridized carbons (Fsp3) is 0.600. The monoisotopic (exact) mass is 281 g/mol. The standard InChI is InChI=1S/C15H23NO2S/c1-12-5-6-14(11-13(12)2)19(17,18)16-9-7-15(3,4)8-10-16/h5-6,11H,7-10H2,1-4H3. The van der Waals surface area contributed by atoms with E-state index in [0.717, 1.165) is 24.0 Å². The molecule has 0 spiro atoms. The summed E-state index contributed by atoms with van der Waals surface area (Å²) in [7, 11) is -3.32. The molecular formula is C15H23NO2S. The predicted molar refractivity (Wildman–Crippen MR) is 77.7 cm³/mol. The van der Waals surface area contributed by atoms with E-state index in [9.17, 15) is 8.42 Å². The van der Waals surface area contributed by atoms with E-state index in [-0.39, 0.29) is 5.41 Å². The number of hydrogen-bond acceptors (Lipinski definition) is 2. The van der Waals surface area contributed by atoms with E-state index in [0.29, 0.717) is 18.0 Å². The Hall–Kier alpha value is -0.870. The van der Waals surface area contributed by atoms with E-state index in [1.54, 1.807) is 16.4 Å². The Morgan fingerprint density at radius 1 is 1.05 bits per heavy atom. The zero-order valence-electron chi connectivity index (χ0n) is 12.2. The molecule has 1 aliphatic rings. The summed E-state index contributed by atoms with van der Waals surface area (Å²) < 4.78 is 26.8. The molecule has 0 aliphatic carbocycles.